The third-order valence-electron chi connectivity index (χ3n) is 3.53. The van der Waals surface area contributed by atoms with Crippen LogP contribution in [-0.4, -0.2) is 28.1 Å². The van der Waals surface area contributed by atoms with Gasteiger partial charge in [-0.25, -0.2) is 0 Å². The van der Waals surface area contributed by atoms with Crippen molar-refractivity contribution in [3.05, 3.63) is 44.0 Å². The minimum Gasteiger partial charge on any atom is -0.465 e. The number of hydrogen-bond donors (Lipinski definition) is 3. The summed E-state index contributed by atoms with van der Waals surface area (Å²) in [7, 11) is 0. The van der Waals surface area contributed by atoms with Crippen molar-refractivity contribution in [3.8, 4) is 0 Å². The Hall–Kier alpha value is -2.41. The molecule has 7 heteroatoms. The third kappa shape index (κ3) is 2.94. The van der Waals surface area contributed by atoms with Gasteiger partial charge in [-0.3, -0.25) is 14.4 Å². The summed E-state index contributed by atoms with van der Waals surface area (Å²) in [5.74, 6) is -0.516. The van der Waals surface area contributed by atoms with Gasteiger partial charge in [-0.1, -0.05) is 6.07 Å². The molecule has 0 bridgehead atoms. The van der Waals surface area contributed by atoms with E-state index in [-0.39, 0.29) is 13.0 Å². The highest BCUT2D eigenvalue weighted by atomic mass is 16.5. The van der Waals surface area contributed by atoms with Gasteiger partial charge in [0.15, 0.2) is 0 Å². The van der Waals surface area contributed by atoms with Gasteiger partial charge in [-0.2, -0.15) is 0 Å². The van der Waals surface area contributed by atoms with Gasteiger partial charge in [0.25, 0.3) is 0 Å². The van der Waals surface area contributed by atoms with Crippen molar-refractivity contribution < 1.29 is 9.53 Å². The zero-order chi connectivity index (χ0) is 16.5. The van der Waals surface area contributed by atoms with E-state index in [1.807, 2.05) is 6.92 Å². The van der Waals surface area contributed by atoms with Crippen LogP contribution in [0, 0.1) is 6.92 Å². The number of nitrogens with one attached hydrogen (secondary N) is 2. The maximum atomic E-state index is 12.0. The number of fused-ring (bicyclic) bond motifs is 1. The van der Waals surface area contributed by atoms with Gasteiger partial charge in [0.2, 0.25) is 0 Å². The third-order valence-corrected chi connectivity index (χ3v) is 3.53. The Morgan fingerprint density at radius 1 is 1.27 bits per heavy atom. The van der Waals surface area contributed by atoms with E-state index in [9.17, 15) is 14.4 Å². The van der Waals surface area contributed by atoms with E-state index in [0.29, 0.717) is 16.6 Å². The van der Waals surface area contributed by atoms with Crippen LogP contribution in [0.15, 0.2) is 21.7 Å². The van der Waals surface area contributed by atoms with Gasteiger partial charge >= 0.3 is 17.1 Å². The minimum atomic E-state index is -1.23. The summed E-state index contributed by atoms with van der Waals surface area (Å²) in [6, 6.07) is 3.50. The van der Waals surface area contributed by atoms with Crippen molar-refractivity contribution in [1.29, 1.82) is 0 Å². The molecule has 1 aromatic heterocycles. The predicted octanol–water partition coefficient (Wildman–Crippen LogP) is 0.348. The summed E-state index contributed by atoms with van der Waals surface area (Å²) in [5, 5.41) is 0. The minimum absolute atomic E-state index is 0.178. The van der Waals surface area contributed by atoms with Crippen LogP contribution < -0.4 is 16.9 Å². The molecule has 0 aliphatic rings. The summed E-state index contributed by atoms with van der Waals surface area (Å²) < 4.78 is 4.98. The second-order valence-electron chi connectivity index (χ2n) is 5.51. The number of benzene rings is 1. The normalized spacial score (nSPS) is 13.8. The number of carbonyl (C=O) groups is 1. The summed E-state index contributed by atoms with van der Waals surface area (Å²) in [4.78, 5) is 40.0. The lowest BCUT2D eigenvalue weighted by Gasteiger charge is -2.23. The largest absolute Gasteiger partial charge is 0.465 e. The highest BCUT2D eigenvalue weighted by molar-refractivity contribution is 5.84. The van der Waals surface area contributed by atoms with E-state index >= 15 is 0 Å². The van der Waals surface area contributed by atoms with Gasteiger partial charge in [0.05, 0.1) is 17.6 Å². The number of aromatic amines is 2. The van der Waals surface area contributed by atoms with Crippen LogP contribution in [0.5, 0.6) is 0 Å². The van der Waals surface area contributed by atoms with Crippen molar-refractivity contribution in [3.63, 3.8) is 0 Å². The maximum absolute atomic E-state index is 12.0. The van der Waals surface area contributed by atoms with Crippen LogP contribution in [0.2, 0.25) is 0 Å². The molecule has 0 saturated heterocycles. The molecule has 22 heavy (non-hydrogen) atoms. The molecular weight excluding hydrogens is 286 g/mol. The Kier molecular flexibility index (Phi) is 4.18. The number of ether oxygens (including phenoxy) is 1. The molecular formula is C15H19N3O4. The number of aromatic nitrogens is 2. The van der Waals surface area contributed by atoms with Gasteiger partial charge in [0, 0.05) is 6.42 Å². The van der Waals surface area contributed by atoms with E-state index in [0.717, 1.165) is 5.56 Å². The first-order valence-electron chi connectivity index (χ1n) is 6.97. The first-order chi connectivity index (χ1) is 10.3. The summed E-state index contributed by atoms with van der Waals surface area (Å²) in [5.41, 5.74) is 5.90. The van der Waals surface area contributed by atoms with Crippen LogP contribution in [0.1, 0.15) is 25.0 Å². The standard InChI is InChI=1S/C15H19N3O4/c1-4-22-14(21)15(3,16)7-9-8(2)5-6-10-11(9)18-13(20)12(19)17-10/h5-6H,4,7,16H2,1-3H3,(H,17,19)(H,18,20). The molecule has 0 aliphatic carbocycles. The van der Waals surface area contributed by atoms with Crippen LogP contribution in [0.25, 0.3) is 11.0 Å². The highest BCUT2D eigenvalue weighted by Crippen LogP contribution is 2.22. The van der Waals surface area contributed by atoms with E-state index in [1.54, 1.807) is 26.0 Å². The lowest BCUT2D eigenvalue weighted by Crippen LogP contribution is -2.48. The molecule has 2 rings (SSSR count). The molecule has 0 radical (unpaired) electrons. The zero-order valence-electron chi connectivity index (χ0n) is 12.8. The maximum Gasteiger partial charge on any atom is 0.326 e. The first-order valence-corrected chi connectivity index (χ1v) is 6.97. The van der Waals surface area contributed by atoms with Crippen LogP contribution in [0.4, 0.5) is 0 Å². The lowest BCUT2D eigenvalue weighted by atomic mass is 9.90. The van der Waals surface area contributed by atoms with Crippen molar-refractivity contribution in [2.75, 3.05) is 6.61 Å². The summed E-state index contributed by atoms with van der Waals surface area (Å²) in [6.07, 6.45) is 0.178. The lowest BCUT2D eigenvalue weighted by molar-refractivity contribution is -0.148. The molecule has 0 fully saturated rings. The quantitative estimate of drug-likeness (QED) is 0.556. The fourth-order valence-electron chi connectivity index (χ4n) is 2.31. The molecule has 7 nitrogen and oxygen atoms in total. The van der Waals surface area contributed by atoms with E-state index in [2.05, 4.69) is 9.97 Å². The van der Waals surface area contributed by atoms with Crippen molar-refractivity contribution >= 4 is 17.0 Å². The molecule has 2 aromatic rings. The Bertz CT molecular complexity index is 833. The highest BCUT2D eigenvalue weighted by Gasteiger charge is 2.31. The topological polar surface area (TPSA) is 118 Å². The molecule has 0 saturated carbocycles. The van der Waals surface area contributed by atoms with Crippen LogP contribution >= 0.6 is 0 Å². The fraction of sp³-hybridized carbons (Fsp3) is 0.400. The van der Waals surface area contributed by atoms with Gasteiger partial charge in [0.1, 0.15) is 5.54 Å². The second-order valence-corrected chi connectivity index (χ2v) is 5.51. The average Bonchev–Trinajstić information content (AvgIpc) is 2.44. The van der Waals surface area contributed by atoms with Gasteiger partial charge in [-0.05, 0) is 38.0 Å². The fourth-order valence-corrected chi connectivity index (χ4v) is 2.31. The first kappa shape index (κ1) is 16.0. The summed E-state index contributed by atoms with van der Waals surface area (Å²) in [6.45, 7) is 5.37. The number of nitrogens with two attached hydrogens (primary N) is 1. The predicted molar refractivity (Wildman–Crippen MR) is 82.9 cm³/mol. The smallest absolute Gasteiger partial charge is 0.326 e. The molecule has 0 amide bonds. The number of carbonyl (C=O) groups excluding carboxylic acids is 1. The number of esters is 1. The van der Waals surface area contributed by atoms with Crippen molar-refractivity contribution in [1.82, 2.24) is 9.97 Å². The van der Waals surface area contributed by atoms with Gasteiger partial charge < -0.3 is 20.4 Å². The van der Waals surface area contributed by atoms with Crippen LogP contribution in [-0.2, 0) is 16.0 Å². The second kappa shape index (κ2) is 5.76. The SMILES string of the molecule is CCOC(=O)C(C)(N)Cc1c(C)ccc2[nH]c(=O)c(=O)[nH]c12. The molecule has 1 atom stereocenters. The molecule has 1 unspecified atom stereocenters. The van der Waals surface area contributed by atoms with E-state index in [1.165, 1.54) is 0 Å². The Morgan fingerprint density at radius 3 is 2.55 bits per heavy atom. The Balaban J connectivity index is 2.57. The molecule has 1 aromatic carbocycles. The van der Waals surface area contributed by atoms with Crippen molar-refractivity contribution in [2.45, 2.75) is 32.7 Å². The van der Waals surface area contributed by atoms with Crippen molar-refractivity contribution in [2.24, 2.45) is 5.73 Å². The molecule has 4 N–H and O–H groups in total. The van der Waals surface area contributed by atoms with Crippen LogP contribution in [0.3, 0.4) is 0 Å². The van der Waals surface area contributed by atoms with E-state index < -0.39 is 22.6 Å². The number of rotatable bonds is 4. The number of aryl methyl sites for hydroxylation is 1. The Morgan fingerprint density at radius 2 is 1.91 bits per heavy atom. The monoisotopic (exact) mass is 305 g/mol. The molecule has 1 heterocycles. The molecule has 0 spiro atoms. The Labute approximate surface area is 126 Å². The number of hydrogen-bond acceptors (Lipinski definition) is 5. The molecule has 0 aliphatic heterocycles. The molecule has 118 valence electrons. The van der Waals surface area contributed by atoms with E-state index in [4.69, 9.17) is 10.5 Å². The number of H-pyrrole nitrogens is 2. The zero-order valence-corrected chi connectivity index (χ0v) is 12.8. The average molecular weight is 305 g/mol. The summed E-state index contributed by atoms with van der Waals surface area (Å²) >= 11 is 0. The van der Waals surface area contributed by atoms with Gasteiger partial charge in [-0.15, -0.1) is 0 Å².